The first-order valence-electron chi connectivity index (χ1n) is 11.9. The molecular formula is C28H32N4O5. The van der Waals surface area contributed by atoms with E-state index < -0.39 is 17.9 Å². The second-order valence-electron chi connectivity index (χ2n) is 8.64. The van der Waals surface area contributed by atoms with Gasteiger partial charge in [0.15, 0.2) is 0 Å². The Morgan fingerprint density at radius 1 is 0.784 bits per heavy atom. The maximum Gasteiger partial charge on any atom is 0.253 e. The van der Waals surface area contributed by atoms with Gasteiger partial charge in [-0.25, -0.2) is 0 Å². The van der Waals surface area contributed by atoms with Crippen LogP contribution < -0.4 is 25.4 Å². The van der Waals surface area contributed by atoms with Crippen LogP contribution in [0.2, 0.25) is 0 Å². The van der Waals surface area contributed by atoms with Gasteiger partial charge in [0.1, 0.15) is 17.5 Å². The van der Waals surface area contributed by atoms with Gasteiger partial charge in [0, 0.05) is 36.6 Å². The van der Waals surface area contributed by atoms with Crippen molar-refractivity contribution in [1.29, 1.82) is 0 Å². The van der Waals surface area contributed by atoms with Gasteiger partial charge in [-0.2, -0.15) is 0 Å². The number of para-hydroxylation sites is 2. The summed E-state index contributed by atoms with van der Waals surface area (Å²) in [5.74, 6) is -0.252. The summed E-state index contributed by atoms with van der Waals surface area (Å²) in [6.07, 6.45) is 2.76. The van der Waals surface area contributed by atoms with E-state index in [-0.39, 0.29) is 36.0 Å². The zero-order valence-corrected chi connectivity index (χ0v) is 21.4. The van der Waals surface area contributed by atoms with E-state index in [9.17, 15) is 14.4 Å². The average molecular weight is 505 g/mol. The predicted molar refractivity (Wildman–Crippen MR) is 139 cm³/mol. The number of carbonyl (C=O) groups is 3. The maximum atomic E-state index is 13.2. The van der Waals surface area contributed by atoms with Gasteiger partial charge in [0.2, 0.25) is 5.91 Å². The third-order valence-electron chi connectivity index (χ3n) is 5.82. The molecule has 0 aliphatic carbocycles. The predicted octanol–water partition coefficient (Wildman–Crippen LogP) is 3.10. The van der Waals surface area contributed by atoms with Crippen LogP contribution in [-0.4, -0.2) is 43.0 Å². The SMILES string of the molecule is COc1ccccc1CNC(=O)c1cnccc1C(=O)NC(C(=O)NCc1ccccc1OC)C(C)C. The van der Waals surface area contributed by atoms with Gasteiger partial charge >= 0.3 is 0 Å². The van der Waals surface area contributed by atoms with Crippen LogP contribution in [0, 0.1) is 5.92 Å². The molecule has 0 saturated heterocycles. The molecule has 1 aromatic heterocycles. The lowest BCUT2D eigenvalue weighted by atomic mass is 10.0. The number of ether oxygens (including phenoxy) is 2. The summed E-state index contributed by atoms with van der Waals surface area (Å²) in [5, 5.41) is 8.44. The second-order valence-corrected chi connectivity index (χ2v) is 8.64. The standard InChI is InChI=1S/C28H32N4O5/c1-18(2)25(28(35)31-16-20-10-6-8-12-24(20)37-4)32-27(34)21-13-14-29-17-22(21)26(33)30-15-19-9-5-7-11-23(19)36-3/h5-14,17-18,25H,15-16H2,1-4H3,(H,30,33)(H,31,35)(H,32,34). The fraction of sp³-hybridized carbons (Fsp3) is 0.286. The summed E-state index contributed by atoms with van der Waals surface area (Å²) < 4.78 is 10.7. The monoisotopic (exact) mass is 504 g/mol. The molecule has 0 radical (unpaired) electrons. The van der Waals surface area contributed by atoms with Gasteiger partial charge in [-0.3, -0.25) is 19.4 Å². The molecule has 3 N–H and O–H groups in total. The van der Waals surface area contributed by atoms with Crippen molar-refractivity contribution in [2.24, 2.45) is 5.92 Å². The Labute approximate surface area is 216 Å². The molecule has 9 nitrogen and oxygen atoms in total. The molecule has 0 fully saturated rings. The molecule has 1 heterocycles. The Balaban J connectivity index is 1.70. The van der Waals surface area contributed by atoms with E-state index in [1.54, 1.807) is 20.3 Å². The van der Waals surface area contributed by atoms with Crippen molar-refractivity contribution >= 4 is 17.7 Å². The summed E-state index contributed by atoms with van der Waals surface area (Å²) in [7, 11) is 3.12. The molecule has 9 heteroatoms. The molecule has 1 atom stereocenters. The zero-order valence-electron chi connectivity index (χ0n) is 21.4. The van der Waals surface area contributed by atoms with E-state index in [4.69, 9.17) is 9.47 Å². The van der Waals surface area contributed by atoms with Crippen molar-refractivity contribution < 1.29 is 23.9 Å². The minimum absolute atomic E-state index is 0.104. The molecule has 0 aliphatic heterocycles. The number of nitrogens with one attached hydrogen (secondary N) is 3. The lowest BCUT2D eigenvalue weighted by molar-refractivity contribution is -0.124. The first-order chi connectivity index (χ1) is 17.8. The number of amides is 3. The third-order valence-corrected chi connectivity index (χ3v) is 5.82. The summed E-state index contributed by atoms with van der Waals surface area (Å²) in [5.41, 5.74) is 1.83. The zero-order chi connectivity index (χ0) is 26.8. The van der Waals surface area contributed by atoms with Gasteiger partial charge in [0.05, 0.1) is 25.3 Å². The quantitative estimate of drug-likeness (QED) is 0.369. The lowest BCUT2D eigenvalue weighted by Gasteiger charge is -2.22. The minimum Gasteiger partial charge on any atom is -0.496 e. The van der Waals surface area contributed by atoms with Crippen molar-refractivity contribution in [2.45, 2.75) is 33.0 Å². The van der Waals surface area contributed by atoms with Crippen LogP contribution in [0.4, 0.5) is 0 Å². The van der Waals surface area contributed by atoms with E-state index in [1.807, 2.05) is 56.3 Å². The Kier molecular flexibility index (Phi) is 9.60. The molecule has 0 bridgehead atoms. The van der Waals surface area contributed by atoms with Crippen molar-refractivity contribution in [3.05, 3.63) is 89.2 Å². The molecule has 3 rings (SSSR count). The van der Waals surface area contributed by atoms with Gasteiger partial charge in [-0.15, -0.1) is 0 Å². The Bertz CT molecular complexity index is 1240. The molecule has 3 aromatic rings. The molecule has 0 saturated carbocycles. The van der Waals surface area contributed by atoms with Crippen molar-refractivity contribution in [1.82, 2.24) is 20.9 Å². The number of aromatic nitrogens is 1. The van der Waals surface area contributed by atoms with Crippen LogP contribution in [0.3, 0.4) is 0 Å². The number of benzene rings is 2. The number of carbonyl (C=O) groups excluding carboxylic acids is 3. The molecule has 0 aliphatic rings. The van der Waals surface area contributed by atoms with Crippen molar-refractivity contribution in [3.8, 4) is 11.5 Å². The summed E-state index contributed by atoms with van der Waals surface area (Å²) in [6, 6.07) is 15.3. The highest BCUT2D eigenvalue weighted by Gasteiger charge is 2.27. The minimum atomic E-state index is -0.820. The van der Waals surface area contributed by atoms with Crippen LogP contribution in [0.25, 0.3) is 0 Å². The van der Waals surface area contributed by atoms with E-state index in [0.717, 1.165) is 11.1 Å². The van der Waals surface area contributed by atoms with Crippen LogP contribution in [0.1, 0.15) is 45.7 Å². The maximum absolute atomic E-state index is 13.2. The first-order valence-corrected chi connectivity index (χ1v) is 11.9. The van der Waals surface area contributed by atoms with E-state index in [0.29, 0.717) is 11.5 Å². The molecule has 1 unspecified atom stereocenters. The van der Waals surface area contributed by atoms with Gasteiger partial charge in [0.25, 0.3) is 11.8 Å². The van der Waals surface area contributed by atoms with Gasteiger partial charge in [-0.05, 0) is 24.1 Å². The lowest BCUT2D eigenvalue weighted by Crippen LogP contribution is -2.49. The number of hydrogen-bond donors (Lipinski definition) is 3. The third kappa shape index (κ3) is 7.07. The normalized spacial score (nSPS) is 11.4. The van der Waals surface area contributed by atoms with E-state index >= 15 is 0 Å². The fourth-order valence-corrected chi connectivity index (χ4v) is 3.79. The number of pyridine rings is 1. The molecule has 3 amide bonds. The van der Waals surface area contributed by atoms with Crippen molar-refractivity contribution in [3.63, 3.8) is 0 Å². The van der Waals surface area contributed by atoms with E-state index in [2.05, 4.69) is 20.9 Å². The van der Waals surface area contributed by atoms with Crippen LogP contribution in [-0.2, 0) is 17.9 Å². The van der Waals surface area contributed by atoms with Crippen molar-refractivity contribution in [2.75, 3.05) is 14.2 Å². The smallest absolute Gasteiger partial charge is 0.253 e. The highest BCUT2D eigenvalue weighted by Crippen LogP contribution is 2.18. The first kappa shape index (κ1) is 27.2. The van der Waals surface area contributed by atoms with Crippen LogP contribution >= 0.6 is 0 Å². The summed E-state index contributed by atoms with van der Waals surface area (Å²) in [6.45, 7) is 4.12. The van der Waals surface area contributed by atoms with Crippen LogP contribution in [0.15, 0.2) is 67.0 Å². The Hall–Kier alpha value is -4.40. The molecule has 2 aromatic carbocycles. The molecule has 0 spiro atoms. The largest absolute Gasteiger partial charge is 0.496 e. The highest BCUT2D eigenvalue weighted by atomic mass is 16.5. The number of rotatable bonds is 11. The number of hydrogen-bond acceptors (Lipinski definition) is 6. The Morgan fingerprint density at radius 3 is 1.92 bits per heavy atom. The molecular weight excluding hydrogens is 472 g/mol. The summed E-state index contributed by atoms with van der Waals surface area (Å²) in [4.78, 5) is 43.2. The fourth-order valence-electron chi connectivity index (χ4n) is 3.79. The molecule has 37 heavy (non-hydrogen) atoms. The Morgan fingerprint density at radius 2 is 1.35 bits per heavy atom. The second kappa shape index (κ2) is 13.1. The number of nitrogens with zero attached hydrogens (tertiary/aromatic N) is 1. The number of methoxy groups -OCH3 is 2. The topological polar surface area (TPSA) is 119 Å². The van der Waals surface area contributed by atoms with Gasteiger partial charge < -0.3 is 25.4 Å². The van der Waals surface area contributed by atoms with Crippen LogP contribution in [0.5, 0.6) is 11.5 Å². The van der Waals surface area contributed by atoms with E-state index in [1.165, 1.54) is 18.5 Å². The molecule has 194 valence electrons. The van der Waals surface area contributed by atoms with Gasteiger partial charge in [-0.1, -0.05) is 50.2 Å². The highest BCUT2D eigenvalue weighted by molar-refractivity contribution is 6.07. The summed E-state index contributed by atoms with van der Waals surface area (Å²) >= 11 is 0. The average Bonchev–Trinajstić information content (AvgIpc) is 2.93.